The van der Waals surface area contributed by atoms with E-state index in [2.05, 4.69) is 39.0 Å². The first-order valence-electron chi connectivity index (χ1n) is 6.63. The second-order valence-corrected chi connectivity index (χ2v) is 6.09. The lowest BCUT2D eigenvalue weighted by Crippen LogP contribution is -2.48. The Kier molecular flexibility index (Phi) is 3.37. The zero-order valence-corrected chi connectivity index (χ0v) is 11.6. The van der Waals surface area contributed by atoms with Crippen LogP contribution < -0.4 is 5.73 Å². The van der Waals surface area contributed by atoms with E-state index < -0.39 is 0 Å². The molecule has 5 heteroatoms. The number of piperidine rings is 1. The van der Waals surface area contributed by atoms with Crippen LogP contribution in [0.5, 0.6) is 0 Å². The van der Waals surface area contributed by atoms with E-state index in [1.807, 2.05) is 0 Å². The van der Waals surface area contributed by atoms with Crippen LogP contribution in [0.3, 0.4) is 0 Å². The van der Waals surface area contributed by atoms with Crippen LogP contribution in [0, 0.1) is 5.92 Å². The summed E-state index contributed by atoms with van der Waals surface area (Å²) in [6, 6.07) is 0.512. The summed E-state index contributed by atoms with van der Waals surface area (Å²) in [5.74, 6) is 0.701. The summed E-state index contributed by atoms with van der Waals surface area (Å²) in [5, 5.41) is 2.07. The number of nitrogens with zero attached hydrogens (tertiary/aromatic N) is 3. The topological polar surface area (TPSA) is 46.6 Å². The number of fused-ring (bicyclic) bond motifs is 1. The van der Waals surface area contributed by atoms with Crippen LogP contribution in [0.2, 0.25) is 0 Å². The van der Waals surface area contributed by atoms with Crippen molar-refractivity contribution >= 4 is 16.3 Å². The van der Waals surface area contributed by atoms with E-state index >= 15 is 0 Å². The lowest BCUT2D eigenvalue weighted by molar-refractivity contribution is 0.0979. The number of rotatable bonds is 3. The van der Waals surface area contributed by atoms with Crippen molar-refractivity contribution in [2.45, 2.75) is 32.4 Å². The number of thiazole rings is 1. The van der Waals surface area contributed by atoms with Gasteiger partial charge in [0, 0.05) is 36.9 Å². The van der Waals surface area contributed by atoms with Gasteiger partial charge in [0.1, 0.15) is 0 Å². The van der Waals surface area contributed by atoms with E-state index in [0.29, 0.717) is 12.0 Å². The van der Waals surface area contributed by atoms with Gasteiger partial charge in [0.2, 0.25) is 0 Å². The molecule has 4 nitrogen and oxygen atoms in total. The van der Waals surface area contributed by atoms with Crippen LogP contribution in [-0.4, -0.2) is 33.4 Å². The van der Waals surface area contributed by atoms with Crippen molar-refractivity contribution in [3.05, 3.63) is 23.5 Å². The van der Waals surface area contributed by atoms with Gasteiger partial charge in [0.25, 0.3) is 0 Å². The van der Waals surface area contributed by atoms with E-state index in [1.54, 1.807) is 11.3 Å². The van der Waals surface area contributed by atoms with Crippen LogP contribution >= 0.6 is 11.3 Å². The van der Waals surface area contributed by atoms with E-state index in [4.69, 9.17) is 5.73 Å². The van der Waals surface area contributed by atoms with Crippen molar-refractivity contribution in [3.8, 4) is 0 Å². The van der Waals surface area contributed by atoms with Gasteiger partial charge in [-0.1, -0.05) is 6.92 Å². The first kappa shape index (κ1) is 12.1. The maximum absolute atomic E-state index is 5.93. The molecule has 2 aromatic heterocycles. The minimum absolute atomic E-state index is 0.512. The molecular weight excluding hydrogens is 244 g/mol. The molecule has 3 rings (SSSR count). The molecule has 2 aromatic rings. The molecular formula is C13H20N4S. The quantitative estimate of drug-likeness (QED) is 0.922. The molecule has 0 aromatic carbocycles. The van der Waals surface area contributed by atoms with Crippen molar-refractivity contribution in [2.24, 2.45) is 11.7 Å². The number of likely N-dealkylation sites (tertiary alicyclic amines) is 1. The average molecular weight is 264 g/mol. The second kappa shape index (κ2) is 4.99. The number of nitrogens with two attached hydrogens (primary N) is 1. The van der Waals surface area contributed by atoms with Gasteiger partial charge in [-0.05, 0) is 25.3 Å². The molecule has 0 spiro atoms. The predicted octanol–water partition coefficient (Wildman–Crippen LogP) is 1.95. The maximum Gasteiger partial charge on any atom is 0.193 e. The summed E-state index contributed by atoms with van der Waals surface area (Å²) < 4.78 is 2.10. The second-order valence-electron chi connectivity index (χ2n) is 5.22. The number of imidazole rings is 1. The normalized spacial score (nSPS) is 25.9. The Balaban J connectivity index is 1.76. The Labute approximate surface area is 111 Å². The smallest absolute Gasteiger partial charge is 0.193 e. The third-order valence-electron chi connectivity index (χ3n) is 3.98. The van der Waals surface area contributed by atoms with Crippen LogP contribution in [0.1, 0.15) is 25.5 Å². The van der Waals surface area contributed by atoms with E-state index in [0.717, 1.165) is 30.3 Å². The molecule has 18 heavy (non-hydrogen) atoms. The van der Waals surface area contributed by atoms with Gasteiger partial charge in [-0.2, -0.15) is 0 Å². The largest absolute Gasteiger partial charge is 0.329 e. The van der Waals surface area contributed by atoms with Crippen molar-refractivity contribution in [1.29, 1.82) is 0 Å². The van der Waals surface area contributed by atoms with E-state index in [1.165, 1.54) is 12.8 Å². The van der Waals surface area contributed by atoms with E-state index in [-0.39, 0.29) is 0 Å². The monoisotopic (exact) mass is 264 g/mol. The fourth-order valence-corrected chi connectivity index (χ4v) is 3.69. The molecule has 1 aliphatic rings. The zero-order chi connectivity index (χ0) is 12.5. The van der Waals surface area contributed by atoms with Crippen molar-refractivity contribution < 1.29 is 0 Å². The summed E-state index contributed by atoms with van der Waals surface area (Å²) in [4.78, 5) is 8.24. The molecule has 1 aliphatic heterocycles. The Morgan fingerprint density at radius 3 is 3.22 bits per heavy atom. The van der Waals surface area contributed by atoms with Gasteiger partial charge in [0.15, 0.2) is 4.96 Å². The summed E-state index contributed by atoms with van der Waals surface area (Å²) in [7, 11) is 0. The van der Waals surface area contributed by atoms with Crippen molar-refractivity contribution in [2.75, 3.05) is 13.1 Å². The highest BCUT2D eigenvalue weighted by Gasteiger charge is 2.27. The van der Waals surface area contributed by atoms with Crippen molar-refractivity contribution in [3.63, 3.8) is 0 Å². The third kappa shape index (κ3) is 2.18. The molecule has 2 N–H and O–H groups in total. The Morgan fingerprint density at radius 1 is 1.56 bits per heavy atom. The molecule has 3 heterocycles. The van der Waals surface area contributed by atoms with Crippen LogP contribution in [0.25, 0.3) is 4.96 Å². The Bertz CT molecular complexity index is 489. The molecule has 2 unspecified atom stereocenters. The van der Waals surface area contributed by atoms with Gasteiger partial charge >= 0.3 is 0 Å². The highest BCUT2D eigenvalue weighted by atomic mass is 32.1. The first-order valence-corrected chi connectivity index (χ1v) is 7.51. The molecule has 0 aliphatic carbocycles. The molecule has 1 saturated heterocycles. The van der Waals surface area contributed by atoms with Crippen LogP contribution in [0.15, 0.2) is 17.8 Å². The fraction of sp³-hybridized carbons (Fsp3) is 0.615. The SMILES string of the molecule is CC1CCCN(Cc2cn3ccsc3n2)C1CN. The van der Waals surface area contributed by atoms with Crippen LogP contribution in [0.4, 0.5) is 0 Å². The Morgan fingerprint density at radius 2 is 2.44 bits per heavy atom. The molecule has 0 amide bonds. The fourth-order valence-electron chi connectivity index (χ4n) is 2.97. The van der Waals surface area contributed by atoms with Gasteiger partial charge in [-0.25, -0.2) is 4.98 Å². The zero-order valence-electron chi connectivity index (χ0n) is 10.7. The molecule has 2 atom stereocenters. The molecule has 0 radical (unpaired) electrons. The maximum atomic E-state index is 5.93. The van der Waals surface area contributed by atoms with Gasteiger partial charge in [-0.3, -0.25) is 9.30 Å². The minimum atomic E-state index is 0.512. The predicted molar refractivity (Wildman–Crippen MR) is 74.7 cm³/mol. The van der Waals surface area contributed by atoms with Gasteiger partial charge < -0.3 is 5.73 Å². The van der Waals surface area contributed by atoms with Crippen LogP contribution in [-0.2, 0) is 6.54 Å². The number of aromatic nitrogens is 2. The average Bonchev–Trinajstić information content (AvgIpc) is 2.90. The van der Waals surface area contributed by atoms with Gasteiger partial charge in [-0.15, -0.1) is 11.3 Å². The minimum Gasteiger partial charge on any atom is -0.329 e. The van der Waals surface area contributed by atoms with Gasteiger partial charge in [0.05, 0.1) is 5.69 Å². The number of hydrogen-bond donors (Lipinski definition) is 1. The standard InChI is InChI=1S/C13H20N4S/c1-10-3-2-4-16(12(10)7-14)8-11-9-17-5-6-18-13(17)15-11/h5-6,9-10,12H,2-4,7-8,14H2,1H3. The molecule has 0 bridgehead atoms. The highest BCUT2D eigenvalue weighted by molar-refractivity contribution is 7.15. The summed E-state index contributed by atoms with van der Waals surface area (Å²) in [6.07, 6.45) is 6.78. The van der Waals surface area contributed by atoms with Crippen molar-refractivity contribution in [1.82, 2.24) is 14.3 Å². The third-order valence-corrected chi connectivity index (χ3v) is 4.75. The summed E-state index contributed by atoms with van der Waals surface area (Å²) in [6.45, 7) is 5.15. The summed E-state index contributed by atoms with van der Waals surface area (Å²) >= 11 is 1.69. The molecule has 0 saturated carbocycles. The lowest BCUT2D eigenvalue weighted by atomic mass is 9.91. The Hall–Kier alpha value is -0.910. The number of hydrogen-bond acceptors (Lipinski definition) is 4. The highest BCUT2D eigenvalue weighted by Crippen LogP contribution is 2.24. The molecule has 1 fully saturated rings. The first-order chi connectivity index (χ1) is 8.78. The lowest BCUT2D eigenvalue weighted by Gasteiger charge is -2.39. The van der Waals surface area contributed by atoms with E-state index in [9.17, 15) is 0 Å². The summed E-state index contributed by atoms with van der Waals surface area (Å²) in [5.41, 5.74) is 7.09. The molecule has 98 valence electrons.